The number of alkyl halides is 3. The fourth-order valence-electron chi connectivity index (χ4n) is 1.97. The van der Waals surface area contributed by atoms with E-state index in [0.717, 1.165) is 12.5 Å². The highest BCUT2D eigenvalue weighted by molar-refractivity contribution is 5.79. The van der Waals surface area contributed by atoms with Crippen molar-refractivity contribution >= 4 is 5.96 Å². The average molecular weight is 324 g/mol. The van der Waals surface area contributed by atoms with E-state index in [0.29, 0.717) is 32.2 Å². The number of halogens is 3. The zero-order chi connectivity index (χ0) is 16.6. The lowest BCUT2D eigenvalue weighted by atomic mass is 10.4. The number of nitrogens with zero attached hydrogens (tertiary/aromatic N) is 3. The third kappa shape index (κ3) is 9.09. The molecule has 0 aromatic rings. The van der Waals surface area contributed by atoms with E-state index in [1.165, 1.54) is 24.8 Å². The molecule has 0 aliphatic heterocycles. The first-order chi connectivity index (χ1) is 10.3. The molecular formula is C14H27F3N4O. The number of ether oxygens (including phenoxy) is 1. The minimum atomic E-state index is -4.16. The number of hydrogen-bond acceptors (Lipinski definition) is 3. The maximum absolute atomic E-state index is 12.2. The first-order valence-corrected chi connectivity index (χ1v) is 7.56. The lowest BCUT2D eigenvalue weighted by molar-refractivity contribution is -0.142. The van der Waals surface area contributed by atoms with E-state index < -0.39 is 12.7 Å². The van der Waals surface area contributed by atoms with Crippen LogP contribution in [0, 0.1) is 5.92 Å². The zero-order valence-corrected chi connectivity index (χ0v) is 13.6. The lowest BCUT2D eigenvalue weighted by Crippen LogP contribution is -2.44. The number of hydrogen-bond donors (Lipinski definition) is 1. The second-order valence-electron chi connectivity index (χ2n) is 5.77. The van der Waals surface area contributed by atoms with E-state index >= 15 is 0 Å². The van der Waals surface area contributed by atoms with Gasteiger partial charge >= 0.3 is 6.18 Å². The summed E-state index contributed by atoms with van der Waals surface area (Å²) in [6.07, 6.45) is -1.62. The highest BCUT2D eigenvalue weighted by Crippen LogP contribution is 2.28. The zero-order valence-electron chi connectivity index (χ0n) is 13.6. The molecule has 22 heavy (non-hydrogen) atoms. The molecule has 0 bridgehead atoms. The van der Waals surface area contributed by atoms with Crippen molar-refractivity contribution in [1.29, 1.82) is 0 Å². The summed E-state index contributed by atoms with van der Waals surface area (Å²) < 4.78 is 42.2. The standard InChI is InChI=1S/C14H27F3N4O/c1-18-13(19-6-7-20(2)11-14(15,16)17)21(3)8-9-22-10-12-4-5-12/h12H,4-11H2,1-3H3,(H,18,19). The molecule has 0 unspecified atom stereocenters. The molecule has 1 aliphatic rings. The van der Waals surface area contributed by atoms with Crippen LogP contribution in [0.5, 0.6) is 0 Å². The predicted molar refractivity (Wildman–Crippen MR) is 81.1 cm³/mol. The van der Waals surface area contributed by atoms with Gasteiger partial charge in [0.05, 0.1) is 13.2 Å². The van der Waals surface area contributed by atoms with Gasteiger partial charge in [-0.3, -0.25) is 9.89 Å². The molecular weight excluding hydrogens is 297 g/mol. The Hall–Kier alpha value is -1.02. The molecule has 1 saturated carbocycles. The monoisotopic (exact) mass is 324 g/mol. The Morgan fingerprint density at radius 1 is 1.27 bits per heavy atom. The third-order valence-electron chi connectivity index (χ3n) is 3.42. The van der Waals surface area contributed by atoms with Crippen LogP contribution >= 0.6 is 0 Å². The van der Waals surface area contributed by atoms with Crippen molar-refractivity contribution in [3.63, 3.8) is 0 Å². The summed E-state index contributed by atoms with van der Waals surface area (Å²) in [5.41, 5.74) is 0. The molecule has 0 aromatic carbocycles. The van der Waals surface area contributed by atoms with Gasteiger partial charge in [0.15, 0.2) is 5.96 Å². The van der Waals surface area contributed by atoms with E-state index in [9.17, 15) is 13.2 Å². The summed E-state index contributed by atoms with van der Waals surface area (Å²) in [7, 11) is 4.99. The van der Waals surface area contributed by atoms with Gasteiger partial charge in [0, 0.05) is 40.3 Å². The maximum Gasteiger partial charge on any atom is 0.401 e. The van der Waals surface area contributed by atoms with Gasteiger partial charge < -0.3 is 15.0 Å². The van der Waals surface area contributed by atoms with Crippen molar-refractivity contribution in [2.45, 2.75) is 19.0 Å². The van der Waals surface area contributed by atoms with Gasteiger partial charge in [0.1, 0.15) is 0 Å². The quantitative estimate of drug-likeness (QED) is 0.396. The number of aliphatic imine (C=N–C) groups is 1. The number of likely N-dealkylation sites (N-methyl/N-ethyl adjacent to an activating group) is 2. The van der Waals surface area contributed by atoms with Gasteiger partial charge in [-0.05, 0) is 25.8 Å². The van der Waals surface area contributed by atoms with Crippen LogP contribution in [-0.4, -0.2) is 82.5 Å². The Morgan fingerprint density at radius 2 is 1.95 bits per heavy atom. The molecule has 0 saturated heterocycles. The van der Waals surface area contributed by atoms with E-state index in [2.05, 4.69) is 10.3 Å². The molecule has 0 atom stereocenters. The summed E-state index contributed by atoms with van der Waals surface area (Å²) in [6, 6.07) is 0. The van der Waals surface area contributed by atoms with Crippen molar-refractivity contribution in [1.82, 2.24) is 15.1 Å². The van der Waals surface area contributed by atoms with Crippen LogP contribution in [0.15, 0.2) is 4.99 Å². The highest BCUT2D eigenvalue weighted by atomic mass is 19.4. The van der Waals surface area contributed by atoms with Gasteiger partial charge in [0.2, 0.25) is 0 Å². The minimum Gasteiger partial charge on any atom is -0.379 e. The fraction of sp³-hybridized carbons (Fsp3) is 0.929. The van der Waals surface area contributed by atoms with Gasteiger partial charge in [-0.15, -0.1) is 0 Å². The van der Waals surface area contributed by atoms with Crippen LogP contribution in [0.2, 0.25) is 0 Å². The van der Waals surface area contributed by atoms with E-state index in [1.807, 2.05) is 11.9 Å². The summed E-state index contributed by atoms with van der Waals surface area (Å²) in [6.45, 7) is 1.95. The highest BCUT2D eigenvalue weighted by Gasteiger charge is 2.28. The summed E-state index contributed by atoms with van der Waals surface area (Å²) in [4.78, 5) is 7.27. The van der Waals surface area contributed by atoms with Gasteiger partial charge in [0.25, 0.3) is 0 Å². The predicted octanol–water partition coefficient (Wildman–Crippen LogP) is 1.41. The van der Waals surface area contributed by atoms with Crippen molar-refractivity contribution in [3.05, 3.63) is 0 Å². The Morgan fingerprint density at radius 3 is 2.50 bits per heavy atom. The molecule has 1 aliphatic carbocycles. The Kier molecular flexibility index (Phi) is 7.95. The molecule has 0 spiro atoms. The van der Waals surface area contributed by atoms with Gasteiger partial charge in [-0.2, -0.15) is 13.2 Å². The Balaban J connectivity index is 2.14. The number of nitrogens with one attached hydrogen (secondary N) is 1. The second-order valence-corrected chi connectivity index (χ2v) is 5.77. The molecule has 1 N–H and O–H groups in total. The van der Waals surface area contributed by atoms with E-state index in [1.54, 1.807) is 7.05 Å². The summed E-state index contributed by atoms with van der Waals surface area (Å²) in [5, 5.41) is 3.06. The minimum absolute atomic E-state index is 0.296. The maximum atomic E-state index is 12.2. The van der Waals surface area contributed by atoms with E-state index in [4.69, 9.17) is 4.74 Å². The van der Waals surface area contributed by atoms with Gasteiger partial charge in [-0.25, -0.2) is 0 Å². The van der Waals surface area contributed by atoms with E-state index in [-0.39, 0.29) is 0 Å². The summed E-state index contributed by atoms with van der Waals surface area (Å²) >= 11 is 0. The lowest BCUT2D eigenvalue weighted by Gasteiger charge is -2.24. The molecule has 130 valence electrons. The van der Waals surface area contributed by atoms with Crippen molar-refractivity contribution in [3.8, 4) is 0 Å². The number of guanidine groups is 1. The van der Waals surface area contributed by atoms with Crippen molar-refractivity contribution in [2.24, 2.45) is 10.9 Å². The first kappa shape index (κ1) is 19.0. The average Bonchev–Trinajstić information content (AvgIpc) is 3.21. The van der Waals surface area contributed by atoms with Crippen LogP contribution in [0.25, 0.3) is 0 Å². The van der Waals surface area contributed by atoms with Crippen molar-refractivity contribution in [2.75, 3.05) is 60.5 Å². The SMILES string of the molecule is CN=C(NCCN(C)CC(F)(F)F)N(C)CCOCC1CC1. The first-order valence-electron chi connectivity index (χ1n) is 7.56. The van der Waals surface area contributed by atoms with Gasteiger partial charge in [-0.1, -0.05) is 0 Å². The molecule has 8 heteroatoms. The fourth-order valence-corrected chi connectivity index (χ4v) is 1.97. The van der Waals surface area contributed by atoms with Crippen molar-refractivity contribution < 1.29 is 17.9 Å². The smallest absolute Gasteiger partial charge is 0.379 e. The topological polar surface area (TPSA) is 40.1 Å². The largest absolute Gasteiger partial charge is 0.401 e. The normalized spacial score (nSPS) is 16.2. The second kappa shape index (κ2) is 9.19. The Labute approximate surface area is 130 Å². The summed E-state index contributed by atoms with van der Waals surface area (Å²) in [5.74, 6) is 1.40. The number of rotatable bonds is 9. The van der Waals surface area contributed by atoms with Crippen LogP contribution in [0.4, 0.5) is 13.2 Å². The molecule has 0 radical (unpaired) electrons. The third-order valence-corrected chi connectivity index (χ3v) is 3.42. The molecule has 1 rings (SSSR count). The van der Waals surface area contributed by atoms with Crippen LogP contribution < -0.4 is 5.32 Å². The molecule has 1 fully saturated rings. The Bertz CT molecular complexity index is 345. The molecule has 0 amide bonds. The van der Waals surface area contributed by atoms with Crippen LogP contribution in [-0.2, 0) is 4.74 Å². The molecule has 0 aromatic heterocycles. The molecule has 5 nitrogen and oxygen atoms in total. The molecule has 0 heterocycles. The van der Waals surface area contributed by atoms with Crippen LogP contribution in [0.1, 0.15) is 12.8 Å². The van der Waals surface area contributed by atoms with Crippen LogP contribution in [0.3, 0.4) is 0 Å².